The van der Waals surface area contributed by atoms with Gasteiger partial charge in [0, 0.05) is 18.8 Å². The first-order chi connectivity index (χ1) is 7.26. The van der Waals surface area contributed by atoms with E-state index < -0.39 is 0 Å². The standard InChI is InChI=1S/C12H15FN2/c13-10-1-2-11(15-6-10)3-9-4-12(5-9)7-14-8-12/h1-2,6,9,14H,3-5,7-8H2. The van der Waals surface area contributed by atoms with Crippen molar-refractivity contribution in [3.8, 4) is 0 Å². The summed E-state index contributed by atoms with van der Waals surface area (Å²) in [6, 6.07) is 3.31. The highest BCUT2D eigenvalue weighted by Gasteiger charge is 2.47. The molecule has 1 saturated heterocycles. The molecule has 1 aliphatic carbocycles. The summed E-state index contributed by atoms with van der Waals surface area (Å²) in [4.78, 5) is 4.10. The molecule has 15 heavy (non-hydrogen) atoms. The minimum Gasteiger partial charge on any atom is -0.316 e. The molecule has 3 rings (SSSR count). The van der Waals surface area contributed by atoms with E-state index in [-0.39, 0.29) is 5.82 Å². The highest BCUT2D eigenvalue weighted by atomic mass is 19.1. The van der Waals surface area contributed by atoms with E-state index >= 15 is 0 Å². The summed E-state index contributed by atoms with van der Waals surface area (Å²) in [5, 5.41) is 3.33. The van der Waals surface area contributed by atoms with Gasteiger partial charge in [0.2, 0.25) is 0 Å². The van der Waals surface area contributed by atoms with Crippen LogP contribution >= 0.6 is 0 Å². The van der Waals surface area contributed by atoms with Crippen LogP contribution in [0.3, 0.4) is 0 Å². The second kappa shape index (κ2) is 3.27. The van der Waals surface area contributed by atoms with Crippen LogP contribution in [0, 0.1) is 17.2 Å². The van der Waals surface area contributed by atoms with Gasteiger partial charge in [-0.15, -0.1) is 0 Å². The van der Waals surface area contributed by atoms with E-state index in [2.05, 4.69) is 10.3 Å². The predicted molar refractivity (Wildman–Crippen MR) is 55.9 cm³/mol. The molecular formula is C12H15FN2. The number of pyridine rings is 1. The van der Waals surface area contributed by atoms with E-state index in [1.165, 1.54) is 38.2 Å². The summed E-state index contributed by atoms with van der Waals surface area (Å²) in [5.41, 5.74) is 1.66. The van der Waals surface area contributed by atoms with Gasteiger partial charge < -0.3 is 5.32 Å². The molecule has 2 fully saturated rings. The van der Waals surface area contributed by atoms with Crippen LogP contribution in [-0.4, -0.2) is 18.1 Å². The Hall–Kier alpha value is -0.960. The molecule has 0 amide bonds. The summed E-state index contributed by atoms with van der Waals surface area (Å²) in [6.45, 7) is 2.39. The molecule has 1 saturated carbocycles. The Morgan fingerprint density at radius 2 is 2.20 bits per heavy atom. The summed E-state index contributed by atoms with van der Waals surface area (Å²) in [7, 11) is 0. The van der Waals surface area contributed by atoms with Crippen molar-refractivity contribution >= 4 is 0 Å². The summed E-state index contributed by atoms with van der Waals surface area (Å²) < 4.78 is 12.6. The quantitative estimate of drug-likeness (QED) is 0.797. The lowest BCUT2D eigenvalue weighted by Gasteiger charge is -2.54. The molecule has 80 valence electrons. The van der Waals surface area contributed by atoms with Crippen LogP contribution in [0.1, 0.15) is 18.5 Å². The molecule has 1 aromatic rings. The number of halogens is 1. The third-order valence-electron chi connectivity index (χ3n) is 3.73. The number of aromatic nitrogens is 1. The monoisotopic (exact) mass is 206 g/mol. The van der Waals surface area contributed by atoms with Crippen molar-refractivity contribution in [2.75, 3.05) is 13.1 Å². The zero-order valence-electron chi connectivity index (χ0n) is 8.67. The minimum absolute atomic E-state index is 0.243. The van der Waals surface area contributed by atoms with Crippen LogP contribution < -0.4 is 5.32 Å². The highest BCUT2D eigenvalue weighted by molar-refractivity contribution is 5.10. The van der Waals surface area contributed by atoms with Crippen molar-refractivity contribution in [1.82, 2.24) is 10.3 Å². The Labute approximate surface area is 88.9 Å². The lowest BCUT2D eigenvalue weighted by atomic mass is 9.57. The molecule has 2 nitrogen and oxygen atoms in total. The number of nitrogens with one attached hydrogen (secondary N) is 1. The van der Waals surface area contributed by atoms with Gasteiger partial charge in [0.05, 0.1) is 6.20 Å². The number of rotatable bonds is 2. The summed E-state index contributed by atoms with van der Waals surface area (Å²) >= 11 is 0. The average molecular weight is 206 g/mol. The van der Waals surface area contributed by atoms with Crippen LogP contribution in [0.4, 0.5) is 4.39 Å². The maximum atomic E-state index is 12.6. The first-order valence-electron chi connectivity index (χ1n) is 5.57. The highest BCUT2D eigenvalue weighted by Crippen LogP contribution is 2.49. The average Bonchev–Trinajstić information content (AvgIpc) is 2.10. The molecule has 1 aromatic heterocycles. The lowest BCUT2D eigenvalue weighted by Crippen LogP contribution is -2.60. The predicted octanol–water partition coefficient (Wildman–Crippen LogP) is 1.76. The van der Waals surface area contributed by atoms with E-state index in [9.17, 15) is 4.39 Å². The minimum atomic E-state index is -0.243. The molecule has 3 heteroatoms. The Morgan fingerprint density at radius 3 is 2.73 bits per heavy atom. The van der Waals surface area contributed by atoms with Gasteiger partial charge in [-0.2, -0.15) is 0 Å². The molecule has 0 radical (unpaired) electrons. The van der Waals surface area contributed by atoms with E-state index in [0.29, 0.717) is 5.41 Å². The lowest BCUT2D eigenvalue weighted by molar-refractivity contribution is 0.000479. The van der Waals surface area contributed by atoms with Crippen molar-refractivity contribution in [3.05, 3.63) is 29.8 Å². The molecule has 1 aliphatic heterocycles. The van der Waals surface area contributed by atoms with Crippen molar-refractivity contribution in [2.45, 2.75) is 19.3 Å². The van der Waals surface area contributed by atoms with Gasteiger partial charge >= 0.3 is 0 Å². The van der Waals surface area contributed by atoms with Gasteiger partial charge in [-0.25, -0.2) is 4.39 Å². The first-order valence-corrected chi connectivity index (χ1v) is 5.57. The van der Waals surface area contributed by atoms with Crippen molar-refractivity contribution < 1.29 is 4.39 Å². The molecule has 0 bridgehead atoms. The van der Waals surface area contributed by atoms with Crippen molar-refractivity contribution in [1.29, 1.82) is 0 Å². The number of hydrogen-bond donors (Lipinski definition) is 1. The van der Waals surface area contributed by atoms with E-state index in [4.69, 9.17) is 0 Å². The largest absolute Gasteiger partial charge is 0.316 e. The first kappa shape index (κ1) is 9.28. The van der Waals surface area contributed by atoms with Gasteiger partial charge in [-0.3, -0.25) is 4.98 Å². The molecule has 1 N–H and O–H groups in total. The van der Waals surface area contributed by atoms with Crippen LogP contribution in [-0.2, 0) is 6.42 Å². The Morgan fingerprint density at radius 1 is 1.40 bits per heavy atom. The van der Waals surface area contributed by atoms with Crippen LogP contribution in [0.15, 0.2) is 18.3 Å². The summed E-state index contributed by atoms with van der Waals surface area (Å²) in [6.07, 6.45) is 4.97. The van der Waals surface area contributed by atoms with Crippen LogP contribution in [0.25, 0.3) is 0 Å². The fourth-order valence-corrected chi connectivity index (χ4v) is 2.90. The van der Waals surface area contributed by atoms with Crippen molar-refractivity contribution in [3.63, 3.8) is 0 Å². The van der Waals surface area contributed by atoms with Gasteiger partial charge in [-0.1, -0.05) is 0 Å². The van der Waals surface area contributed by atoms with Gasteiger partial charge in [0.15, 0.2) is 0 Å². The topological polar surface area (TPSA) is 24.9 Å². The van der Waals surface area contributed by atoms with Gasteiger partial charge in [-0.05, 0) is 42.7 Å². The second-order valence-electron chi connectivity index (χ2n) is 5.05. The maximum Gasteiger partial charge on any atom is 0.141 e. The van der Waals surface area contributed by atoms with Crippen LogP contribution in [0.5, 0.6) is 0 Å². The SMILES string of the molecule is Fc1ccc(CC2CC3(CNC3)C2)nc1. The summed E-state index contributed by atoms with van der Waals surface area (Å²) in [5.74, 6) is 0.525. The van der Waals surface area contributed by atoms with Gasteiger partial charge in [0.25, 0.3) is 0 Å². The zero-order chi connectivity index (χ0) is 10.3. The van der Waals surface area contributed by atoms with Crippen LogP contribution in [0.2, 0.25) is 0 Å². The molecule has 2 heterocycles. The fourth-order valence-electron chi connectivity index (χ4n) is 2.90. The molecule has 0 unspecified atom stereocenters. The Kier molecular flexibility index (Phi) is 2.02. The second-order valence-corrected chi connectivity index (χ2v) is 5.05. The molecule has 2 aliphatic rings. The molecule has 1 spiro atoms. The maximum absolute atomic E-state index is 12.6. The van der Waals surface area contributed by atoms with E-state index in [1.54, 1.807) is 6.07 Å². The number of hydrogen-bond acceptors (Lipinski definition) is 2. The Bertz CT molecular complexity index is 348. The third kappa shape index (κ3) is 1.65. The van der Waals surface area contributed by atoms with Gasteiger partial charge in [0.1, 0.15) is 5.82 Å². The fraction of sp³-hybridized carbons (Fsp3) is 0.583. The third-order valence-corrected chi connectivity index (χ3v) is 3.73. The molecule has 0 atom stereocenters. The zero-order valence-corrected chi connectivity index (χ0v) is 8.67. The Balaban J connectivity index is 1.56. The number of nitrogens with zero attached hydrogens (tertiary/aromatic N) is 1. The molecular weight excluding hydrogens is 191 g/mol. The van der Waals surface area contributed by atoms with E-state index in [0.717, 1.165) is 18.0 Å². The normalized spacial score (nSPS) is 23.5. The van der Waals surface area contributed by atoms with E-state index in [1.807, 2.05) is 0 Å². The van der Waals surface area contributed by atoms with Crippen molar-refractivity contribution in [2.24, 2.45) is 11.3 Å². The smallest absolute Gasteiger partial charge is 0.141 e. The molecule has 0 aromatic carbocycles.